The van der Waals surface area contributed by atoms with E-state index >= 15 is 0 Å². The lowest BCUT2D eigenvalue weighted by Gasteiger charge is -2.01. The molecule has 102 valence electrons. The molecule has 0 unspecified atom stereocenters. The molecule has 0 bridgehead atoms. The van der Waals surface area contributed by atoms with Gasteiger partial charge in [-0.25, -0.2) is 8.42 Å². The van der Waals surface area contributed by atoms with Crippen LogP contribution in [0.4, 0.5) is 13.2 Å². The van der Waals surface area contributed by atoms with Crippen LogP contribution in [-0.4, -0.2) is 46.9 Å². The van der Waals surface area contributed by atoms with Crippen LogP contribution in [-0.2, 0) is 16.4 Å². The molecule has 0 aliphatic carbocycles. The van der Waals surface area contributed by atoms with E-state index in [0.29, 0.717) is 0 Å². The summed E-state index contributed by atoms with van der Waals surface area (Å²) >= 11 is 0. The molecular formula is C8H10F3N3O3S. The predicted octanol–water partition coefficient (Wildman–Crippen LogP) is 0.458. The lowest BCUT2D eigenvalue weighted by atomic mass is 10.3. The molecule has 0 aromatic carbocycles. The highest BCUT2D eigenvalue weighted by molar-refractivity contribution is 7.91. The summed E-state index contributed by atoms with van der Waals surface area (Å²) in [4.78, 5) is 10.8. The summed E-state index contributed by atoms with van der Waals surface area (Å²) in [6.07, 6.45) is -4.24. The third-order valence-corrected chi connectivity index (χ3v) is 3.78. The zero-order chi connectivity index (χ0) is 14.0. The van der Waals surface area contributed by atoms with Crippen molar-refractivity contribution >= 4 is 15.6 Å². The maximum atomic E-state index is 12.1. The molecule has 0 aliphatic rings. The van der Waals surface area contributed by atoms with E-state index in [1.807, 2.05) is 0 Å². The first-order valence-corrected chi connectivity index (χ1v) is 6.70. The molecule has 0 spiro atoms. The summed E-state index contributed by atoms with van der Waals surface area (Å²) < 4.78 is 59.4. The number of hydrogen-bond donors (Lipinski definition) is 0. The molecule has 0 radical (unpaired) electrons. The molecular weight excluding hydrogens is 275 g/mol. The number of hydrogen-bond acceptors (Lipinski definition) is 5. The van der Waals surface area contributed by atoms with Crippen LogP contribution in [0.15, 0.2) is 6.20 Å². The molecule has 1 heterocycles. The molecule has 0 fully saturated rings. The lowest BCUT2D eigenvalue weighted by molar-refractivity contribution is -0.0888. The summed E-state index contributed by atoms with van der Waals surface area (Å²) in [7, 11) is -3.25. The molecule has 1 aromatic rings. The van der Waals surface area contributed by atoms with Crippen LogP contribution in [0, 0.1) is 0 Å². The minimum absolute atomic E-state index is 0.0734. The summed E-state index contributed by atoms with van der Waals surface area (Å²) in [5.74, 6) is -2.45. The van der Waals surface area contributed by atoms with E-state index in [1.165, 1.54) is 6.92 Å². The number of nitrogens with zero attached hydrogens (tertiary/aromatic N) is 3. The molecule has 0 aliphatic heterocycles. The molecule has 10 heteroatoms. The monoisotopic (exact) mass is 285 g/mol. The van der Waals surface area contributed by atoms with Crippen LogP contribution in [0.5, 0.6) is 0 Å². The fraction of sp³-hybridized carbons (Fsp3) is 0.625. The Hall–Kier alpha value is -1.45. The number of sulfone groups is 1. The first-order valence-electron chi connectivity index (χ1n) is 4.88. The Labute approximate surface area is 101 Å². The first-order chi connectivity index (χ1) is 8.15. The second-order valence-electron chi connectivity index (χ2n) is 3.43. The number of halogens is 3. The van der Waals surface area contributed by atoms with Gasteiger partial charge in [-0.2, -0.15) is 13.2 Å². The normalized spacial score (nSPS) is 12.7. The van der Waals surface area contributed by atoms with E-state index in [-0.39, 0.29) is 18.1 Å². The van der Waals surface area contributed by atoms with E-state index in [0.717, 1.165) is 10.9 Å². The molecule has 0 atom stereocenters. The highest BCUT2D eigenvalue weighted by Crippen LogP contribution is 2.19. The van der Waals surface area contributed by atoms with Crippen LogP contribution in [0.3, 0.4) is 0 Å². The quantitative estimate of drug-likeness (QED) is 0.734. The van der Waals surface area contributed by atoms with Crippen molar-refractivity contribution in [3.63, 3.8) is 0 Å². The van der Waals surface area contributed by atoms with E-state index < -0.39 is 27.5 Å². The second kappa shape index (κ2) is 5.04. The summed E-state index contributed by atoms with van der Waals surface area (Å²) in [6, 6.07) is 0. The molecule has 0 amide bonds. The van der Waals surface area contributed by atoms with Crippen molar-refractivity contribution in [2.45, 2.75) is 19.6 Å². The molecule has 1 aromatic heterocycles. The topological polar surface area (TPSA) is 81.9 Å². The Kier molecular flexibility index (Phi) is 4.09. The zero-order valence-electron chi connectivity index (χ0n) is 9.31. The third kappa shape index (κ3) is 3.79. The summed E-state index contributed by atoms with van der Waals surface area (Å²) in [5, 5.41) is 6.33. The number of Topliss-reactive ketones (excluding diaryl/α,β-unsaturated/α-hetero) is 1. The molecule has 1 rings (SSSR count). The molecule has 0 saturated carbocycles. The van der Waals surface area contributed by atoms with Crippen LogP contribution < -0.4 is 0 Å². The Morgan fingerprint density at radius 2 is 2.06 bits per heavy atom. The Balaban J connectivity index is 2.74. The predicted molar refractivity (Wildman–Crippen MR) is 54.7 cm³/mol. The number of ketones is 1. The van der Waals surface area contributed by atoms with Gasteiger partial charge in [0.1, 0.15) is 0 Å². The average molecular weight is 285 g/mol. The molecule has 0 saturated heterocycles. The van der Waals surface area contributed by atoms with Gasteiger partial charge in [0.15, 0.2) is 15.5 Å². The SMILES string of the molecule is CCS(=O)(=O)CCn1cc(C(=O)C(F)(F)F)nn1. The van der Waals surface area contributed by atoms with Gasteiger partial charge in [0.25, 0.3) is 5.78 Å². The van der Waals surface area contributed by atoms with Gasteiger partial charge < -0.3 is 0 Å². The molecule has 0 N–H and O–H groups in total. The van der Waals surface area contributed by atoms with E-state index in [2.05, 4.69) is 10.3 Å². The van der Waals surface area contributed by atoms with Crippen molar-refractivity contribution in [2.75, 3.05) is 11.5 Å². The molecule has 18 heavy (non-hydrogen) atoms. The largest absolute Gasteiger partial charge is 0.456 e. The van der Waals surface area contributed by atoms with Gasteiger partial charge in [-0.3, -0.25) is 9.48 Å². The van der Waals surface area contributed by atoms with Gasteiger partial charge in [-0.15, -0.1) is 5.10 Å². The van der Waals surface area contributed by atoms with Crippen molar-refractivity contribution in [3.05, 3.63) is 11.9 Å². The highest BCUT2D eigenvalue weighted by Gasteiger charge is 2.41. The number of aryl methyl sites for hydroxylation is 1. The Morgan fingerprint density at radius 3 is 2.56 bits per heavy atom. The van der Waals surface area contributed by atoms with Gasteiger partial charge in [0.2, 0.25) is 0 Å². The summed E-state index contributed by atoms with van der Waals surface area (Å²) in [5.41, 5.74) is -0.851. The second-order valence-corrected chi connectivity index (χ2v) is 5.90. The van der Waals surface area contributed by atoms with Gasteiger partial charge in [0.05, 0.1) is 18.5 Å². The van der Waals surface area contributed by atoms with E-state index in [1.54, 1.807) is 0 Å². The van der Waals surface area contributed by atoms with E-state index in [9.17, 15) is 26.4 Å². The van der Waals surface area contributed by atoms with E-state index in [4.69, 9.17) is 0 Å². The Morgan fingerprint density at radius 1 is 1.44 bits per heavy atom. The maximum absolute atomic E-state index is 12.1. The summed E-state index contributed by atoms with van der Waals surface area (Å²) in [6.45, 7) is 1.31. The van der Waals surface area contributed by atoms with Gasteiger partial charge >= 0.3 is 6.18 Å². The fourth-order valence-corrected chi connectivity index (χ4v) is 1.79. The highest BCUT2D eigenvalue weighted by atomic mass is 32.2. The van der Waals surface area contributed by atoms with Gasteiger partial charge in [0, 0.05) is 5.75 Å². The maximum Gasteiger partial charge on any atom is 0.456 e. The zero-order valence-corrected chi connectivity index (χ0v) is 10.1. The first kappa shape index (κ1) is 14.6. The van der Waals surface area contributed by atoms with Crippen molar-refractivity contribution in [1.82, 2.24) is 15.0 Å². The molecule has 6 nitrogen and oxygen atoms in total. The minimum Gasteiger partial charge on any atom is -0.282 e. The van der Waals surface area contributed by atoms with Crippen LogP contribution in [0.1, 0.15) is 17.4 Å². The average Bonchev–Trinajstić information content (AvgIpc) is 2.73. The smallest absolute Gasteiger partial charge is 0.282 e. The standard InChI is InChI=1S/C8H10F3N3O3S/c1-2-18(16,17)4-3-14-5-6(12-13-14)7(15)8(9,10)11/h5H,2-4H2,1H3. The fourth-order valence-electron chi connectivity index (χ4n) is 1.03. The van der Waals surface area contributed by atoms with Crippen molar-refractivity contribution < 1.29 is 26.4 Å². The minimum atomic E-state index is -5.02. The van der Waals surface area contributed by atoms with Gasteiger partial charge in [-0.1, -0.05) is 12.1 Å². The van der Waals surface area contributed by atoms with Crippen molar-refractivity contribution in [1.29, 1.82) is 0 Å². The van der Waals surface area contributed by atoms with Crippen LogP contribution >= 0.6 is 0 Å². The number of rotatable bonds is 5. The van der Waals surface area contributed by atoms with Gasteiger partial charge in [-0.05, 0) is 0 Å². The number of carbonyl (C=O) groups is 1. The van der Waals surface area contributed by atoms with Crippen LogP contribution in [0.25, 0.3) is 0 Å². The lowest BCUT2D eigenvalue weighted by Crippen LogP contribution is -2.23. The number of alkyl halides is 3. The van der Waals surface area contributed by atoms with Crippen molar-refractivity contribution in [2.24, 2.45) is 0 Å². The van der Waals surface area contributed by atoms with Crippen LogP contribution in [0.2, 0.25) is 0 Å². The number of aromatic nitrogens is 3. The third-order valence-electron chi connectivity index (χ3n) is 2.10. The van der Waals surface area contributed by atoms with Crippen molar-refractivity contribution in [3.8, 4) is 0 Å². The number of carbonyl (C=O) groups excluding carboxylic acids is 1. The Bertz CT molecular complexity index is 535.